The van der Waals surface area contributed by atoms with E-state index in [1.165, 1.54) is 12.1 Å². The van der Waals surface area contributed by atoms with Crippen LogP contribution in [0, 0.1) is 5.82 Å². The SMILES string of the molecule is NCc1cc(CN2C(=O)CCc3cc(F)ccc32)ccn1. The zero-order chi connectivity index (χ0) is 14.8. The minimum Gasteiger partial charge on any atom is -0.325 e. The lowest BCUT2D eigenvalue weighted by atomic mass is 10.0. The second-order valence-electron chi connectivity index (χ2n) is 5.11. The fourth-order valence-corrected chi connectivity index (χ4v) is 2.62. The molecule has 0 aliphatic carbocycles. The number of nitrogens with zero attached hydrogens (tertiary/aromatic N) is 2. The third-order valence-electron chi connectivity index (χ3n) is 3.67. The lowest BCUT2D eigenvalue weighted by Gasteiger charge is -2.29. The predicted molar refractivity (Wildman–Crippen MR) is 78.0 cm³/mol. The number of pyridine rings is 1. The minimum atomic E-state index is -0.266. The number of rotatable bonds is 3. The van der Waals surface area contributed by atoms with E-state index in [0.717, 1.165) is 22.5 Å². The van der Waals surface area contributed by atoms with Crippen LogP contribution in [-0.4, -0.2) is 10.9 Å². The second kappa shape index (κ2) is 5.61. The summed E-state index contributed by atoms with van der Waals surface area (Å²) in [5, 5.41) is 0. The summed E-state index contributed by atoms with van der Waals surface area (Å²) in [7, 11) is 0. The van der Waals surface area contributed by atoms with Crippen molar-refractivity contribution in [3.8, 4) is 0 Å². The first-order valence-electron chi connectivity index (χ1n) is 6.90. The number of hydrogen-bond donors (Lipinski definition) is 1. The maximum Gasteiger partial charge on any atom is 0.227 e. The van der Waals surface area contributed by atoms with Crippen LogP contribution in [0.4, 0.5) is 10.1 Å². The number of anilines is 1. The summed E-state index contributed by atoms with van der Waals surface area (Å²) in [5.41, 5.74) is 9.01. The molecule has 21 heavy (non-hydrogen) atoms. The number of fused-ring (bicyclic) bond motifs is 1. The van der Waals surface area contributed by atoms with Gasteiger partial charge in [0, 0.05) is 24.8 Å². The topological polar surface area (TPSA) is 59.2 Å². The van der Waals surface area contributed by atoms with Gasteiger partial charge in [0.1, 0.15) is 5.82 Å². The van der Waals surface area contributed by atoms with Gasteiger partial charge in [0.2, 0.25) is 5.91 Å². The highest BCUT2D eigenvalue weighted by Crippen LogP contribution is 2.29. The van der Waals surface area contributed by atoms with Crippen LogP contribution in [-0.2, 0) is 24.3 Å². The lowest BCUT2D eigenvalue weighted by Crippen LogP contribution is -2.34. The molecule has 4 nitrogen and oxygen atoms in total. The van der Waals surface area contributed by atoms with Crippen LogP contribution in [0.1, 0.15) is 23.2 Å². The number of benzene rings is 1. The van der Waals surface area contributed by atoms with E-state index >= 15 is 0 Å². The number of halogens is 1. The summed E-state index contributed by atoms with van der Waals surface area (Å²) < 4.78 is 13.3. The molecule has 2 heterocycles. The average Bonchev–Trinajstić information content (AvgIpc) is 2.50. The van der Waals surface area contributed by atoms with Gasteiger partial charge in [-0.2, -0.15) is 0 Å². The number of carbonyl (C=O) groups excluding carboxylic acids is 1. The van der Waals surface area contributed by atoms with Crippen molar-refractivity contribution < 1.29 is 9.18 Å². The Labute approximate surface area is 122 Å². The third kappa shape index (κ3) is 2.78. The van der Waals surface area contributed by atoms with Crippen LogP contribution in [0.2, 0.25) is 0 Å². The van der Waals surface area contributed by atoms with Crippen molar-refractivity contribution in [3.63, 3.8) is 0 Å². The van der Waals surface area contributed by atoms with Crippen molar-refractivity contribution in [1.29, 1.82) is 0 Å². The molecule has 0 spiro atoms. The van der Waals surface area contributed by atoms with Gasteiger partial charge in [-0.25, -0.2) is 4.39 Å². The molecule has 1 aromatic carbocycles. The van der Waals surface area contributed by atoms with Gasteiger partial charge in [-0.05, 0) is 47.9 Å². The van der Waals surface area contributed by atoms with Crippen LogP contribution in [0.25, 0.3) is 0 Å². The Hall–Kier alpha value is -2.27. The number of amides is 1. The van der Waals surface area contributed by atoms with E-state index in [2.05, 4.69) is 4.98 Å². The summed E-state index contributed by atoms with van der Waals surface area (Å²) in [6.45, 7) is 0.816. The van der Waals surface area contributed by atoms with Crippen LogP contribution < -0.4 is 10.6 Å². The highest BCUT2D eigenvalue weighted by Gasteiger charge is 2.24. The maximum atomic E-state index is 13.3. The smallest absolute Gasteiger partial charge is 0.227 e. The molecular weight excluding hydrogens is 269 g/mol. The molecule has 108 valence electrons. The Kier molecular flexibility index (Phi) is 3.66. The number of carbonyl (C=O) groups is 1. The number of aromatic nitrogens is 1. The Morgan fingerprint density at radius 2 is 2.10 bits per heavy atom. The summed E-state index contributed by atoms with van der Waals surface area (Å²) in [5.74, 6) is -0.211. The van der Waals surface area contributed by atoms with E-state index in [1.807, 2.05) is 12.1 Å². The summed E-state index contributed by atoms with van der Waals surface area (Å²) in [6.07, 6.45) is 2.69. The molecular formula is C16H16FN3O. The van der Waals surface area contributed by atoms with Gasteiger partial charge in [-0.3, -0.25) is 9.78 Å². The zero-order valence-corrected chi connectivity index (χ0v) is 11.6. The predicted octanol–water partition coefficient (Wildman–Crippen LogP) is 2.16. The molecule has 1 aliphatic heterocycles. The molecule has 0 fully saturated rings. The van der Waals surface area contributed by atoms with Gasteiger partial charge in [0.05, 0.1) is 12.2 Å². The fraction of sp³-hybridized carbons (Fsp3) is 0.250. The molecule has 2 aromatic rings. The first-order chi connectivity index (χ1) is 10.2. The first-order valence-corrected chi connectivity index (χ1v) is 6.90. The van der Waals surface area contributed by atoms with Gasteiger partial charge >= 0.3 is 0 Å². The van der Waals surface area contributed by atoms with Crippen molar-refractivity contribution in [1.82, 2.24) is 4.98 Å². The summed E-state index contributed by atoms with van der Waals surface area (Å²) in [4.78, 5) is 18.0. The average molecular weight is 285 g/mol. The number of hydrogen-bond acceptors (Lipinski definition) is 3. The minimum absolute atomic E-state index is 0.0558. The van der Waals surface area contributed by atoms with E-state index in [9.17, 15) is 9.18 Å². The second-order valence-corrected chi connectivity index (χ2v) is 5.11. The van der Waals surface area contributed by atoms with E-state index in [1.54, 1.807) is 17.2 Å². The summed E-state index contributed by atoms with van der Waals surface area (Å²) >= 11 is 0. The van der Waals surface area contributed by atoms with Gasteiger partial charge in [-0.1, -0.05) is 0 Å². The molecule has 1 amide bonds. The molecule has 2 N–H and O–H groups in total. The Bertz CT molecular complexity index is 687. The molecule has 1 aromatic heterocycles. The Morgan fingerprint density at radius 3 is 2.90 bits per heavy atom. The molecule has 0 unspecified atom stereocenters. The van der Waals surface area contributed by atoms with E-state index < -0.39 is 0 Å². The molecule has 1 aliphatic rings. The highest BCUT2D eigenvalue weighted by atomic mass is 19.1. The van der Waals surface area contributed by atoms with Gasteiger partial charge in [-0.15, -0.1) is 0 Å². The quantitative estimate of drug-likeness (QED) is 0.940. The molecule has 0 saturated heterocycles. The highest BCUT2D eigenvalue weighted by molar-refractivity contribution is 5.96. The van der Waals surface area contributed by atoms with Crippen LogP contribution >= 0.6 is 0 Å². The van der Waals surface area contributed by atoms with Gasteiger partial charge in [0.25, 0.3) is 0 Å². The lowest BCUT2D eigenvalue weighted by molar-refractivity contribution is -0.119. The number of nitrogens with two attached hydrogens (primary N) is 1. The van der Waals surface area contributed by atoms with Crippen molar-refractivity contribution in [3.05, 3.63) is 59.2 Å². The Morgan fingerprint density at radius 1 is 1.24 bits per heavy atom. The van der Waals surface area contributed by atoms with E-state index in [-0.39, 0.29) is 11.7 Å². The summed E-state index contributed by atoms with van der Waals surface area (Å²) in [6, 6.07) is 8.33. The van der Waals surface area contributed by atoms with Gasteiger partial charge < -0.3 is 10.6 Å². The fourth-order valence-electron chi connectivity index (χ4n) is 2.62. The monoisotopic (exact) mass is 285 g/mol. The molecule has 0 radical (unpaired) electrons. The zero-order valence-electron chi connectivity index (χ0n) is 11.6. The van der Waals surface area contributed by atoms with Crippen molar-refractivity contribution in [2.24, 2.45) is 5.73 Å². The molecule has 0 atom stereocenters. The van der Waals surface area contributed by atoms with Crippen molar-refractivity contribution >= 4 is 11.6 Å². The number of aryl methyl sites for hydroxylation is 1. The van der Waals surface area contributed by atoms with E-state index in [4.69, 9.17) is 5.73 Å². The Balaban J connectivity index is 1.92. The third-order valence-corrected chi connectivity index (χ3v) is 3.67. The van der Waals surface area contributed by atoms with E-state index in [0.29, 0.717) is 25.9 Å². The van der Waals surface area contributed by atoms with Crippen LogP contribution in [0.5, 0.6) is 0 Å². The molecule has 5 heteroatoms. The molecule has 0 saturated carbocycles. The van der Waals surface area contributed by atoms with Crippen LogP contribution in [0.3, 0.4) is 0 Å². The largest absolute Gasteiger partial charge is 0.325 e. The van der Waals surface area contributed by atoms with Crippen molar-refractivity contribution in [2.75, 3.05) is 4.90 Å². The first kappa shape index (κ1) is 13.7. The molecule has 3 rings (SSSR count). The molecule has 0 bridgehead atoms. The van der Waals surface area contributed by atoms with Gasteiger partial charge in [0.15, 0.2) is 0 Å². The van der Waals surface area contributed by atoms with Crippen molar-refractivity contribution in [2.45, 2.75) is 25.9 Å². The standard InChI is InChI=1S/C16H16FN3O/c17-13-2-3-15-12(8-13)1-4-16(21)20(15)10-11-5-6-19-14(7-11)9-18/h2-3,5-8H,1,4,9-10,18H2. The maximum absolute atomic E-state index is 13.3. The van der Waals surface area contributed by atoms with Crippen LogP contribution in [0.15, 0.2) is 36.5 Å². The normalized spacial score (nSPS) is 14.2.